The highest BCUT2D eigenvalue weighted by Gasteiger charge is 2.13. The second-order valence-electron chi connectivity index (χ2n) is 3.58. The average Bonchev–Trinajstić information content (AvgIpc) is 2.30. The Bertz CT molecular complexity index is 371. The Labute approximate surface area is 96.2 Å². The number of rotatable bonds is 5. The van der Waals surface area contributed by atoms with Gasteiger partial charge in [0.25, 0.3) is 0 Å². The molecule has 4 heteroatoms. The van der Waals surface area contributed by atoms with E-state index in [-0.39, 0.29) is 0 Å². The molecule has 1 N–H and O–H groups in total. The number of nitriles is 1. The van der Waals surface area contributed by atoms with Crippen molar-refractivity contribution in [1.82, 2.24) is 4.98 Å². The van der Waals surface area contributed by atoms with E-state index in [0.29, 0.717) is 13.0 Å². The number of hydrogen-bond donors (Lipinski definition) is 1. The summed E-state index contributed by atoms with van der Waals surface area (Å²) in [6.07, 6.45) is 1.62. The first kappa shape index (κ1) is 12.5. The Morgan fingerprint density at radius 2 is 2.38 bits per heavy atom. The summed E-state index contributed by atoms with van der Waals surface area (Å²) in [5, 5.41) is 18.2. The van der Waals surface area contributed by atoms with Gasteiger partial charge in [-0.15, -0.1) is 0 Å². The van der Waals surface area contributed by atoms with Gasteiger partial charge in [0.05, 0.1) is 18.6 Å². The van der Waals surface area contributed by atoms with Gasteiger partial charge in [-0.25, -0.2) is 4.98 Å². The van der Waals surface area contributed by atoms with Gasteiger partial charge in [-0.1, -0.05) is 6.07 Å². The summed E-state index contributed by atoms with van der Waals surface area (Å²) in [6, 6.07) is 5.79. The van der Waals surface area contributed by atoms with Crippen LogP contribution < -0.4 is 4.90 Å². The molecule has 0 saturated carbocycles. The zero-order chi connectivity index (χ0) is 12.0. The smallest absolute Gasteiger partial charge is 0.134 e. The molecule has 4 nitrogen and oxygen atoms in total. The Kier molecular flexibility index (Phi) is 4.74. The molecule has 1 heterocycles. The molecule has 0 aliphatic carbocycles. The molecular formula is C12H17N3O. The van der Waals surface area contributed by atoms with Gasteiger partial charge in [-0.3, -0.25) is 0 Å². The summed E-state index contributed by atoms with van der Waals surface area (Å²) >= 11 is 0. The van der Waals surface area contributed by atoms with Crippen molar-refractivity contribution in [2.45, 2.75) is 26.4 Å². The van der Waals surface area contributed by atoms with E-state index in [1.807, 2.05) is 24.0 Å². The lowest BCUT2D eigenvalue weighted by atomic mass is 10.1. The van der Waals surface area contributed by atoms with Crippen LogP contribution in [0.3, 0.4) is 0 Å². The first-order valence-corrected chi connectivity index (χ1v) is 5.45. The lowest BCUT2D eigenvalue weighted by Crippen LogP contribution is -2.26. The van der Waals surface area contributed by atoms with E-state index in [4.69, 9.17) is 5.26 Å². The van der Waals surface area contributed by atoms with E-state index in [2.05, 4.69) is 11.1 Å². The minimum Gasteiger partial charge on any atom is -0.389 e. The summed E-state index contributed by atoms with van der Waals surface area (Å²) in [7, 11) is 0. The van der Waals surface area contributed by atoms with E-state index in [0.717, 1.165) is 17.9 Å². The van der Waals surface area contributed by atoms with Gasteiger partial charge in [-0.05, 0) is 19.9 Å². The SMILES string of the molecule is CCN(CCC#N)c1ncccc1[C@@H](C)O. The number of aromatic nitrogens is 1. The maximum atomic E-state index is 9.64. The topological polar surface area (TPSA) is 60.2 Å². The largest absolute Gasteiger partial charge is 0.389 e. The fourth-order valence-corrected chi connectivity index (χ4v) is 1.60. The Morgan fingerprint density at radius 3 is 2.94 bits per heavy atom. The molecule has 0 aliphatic rings. The summed E-state index contributed by atoms with van der Waals surface area (Å²) in [5.41, 5.74) is 0.808. The summed E-state index contributed by atoms with van der Waals surface area (Å²) in [4.78, 5) is 6.29. The van der Waals surface area contributed by atoms with Crippen LogP contribution in [0.1, 0.15) is 31.9 Å². The second kappa shape index (κ2) is 6.09. The van der Waals surface area contributed by atoms with Gasteiger partial charge in [0.2, 0.25) is 0 Å². The number of pyridine rings is 1. The Morgan fingerprint density at radius 1 is 1.62 bits per heavy atom. The molecule has 0 fully saturated rings. The fourth-order valence-electron chi connectivity index (χ4n) is 1.60. The van der Waals surface area contributed by atoms with Crippen LogP contribution in [0.2, 0.25) is 0 Å². The van der Waals surface area contributed by atoms with Crippen molar-refractivity contribution < 1.29 is 5.11 Å². The zero-order valence-corrected chi connectivity index (χ0v) is 9.72. The molecule has 0 amide bonds. The molecular weight excluding hydrogens is 202 g/mol. The van der Waals surface area contributed by atoms with Crippen molar-refractivity contribution in [3.63, 3.8) is 0 Å². The third-order valence-corrected chi connectivity index (χ3v) is 2.44. The zero-order valence-electron chi connectivity index (χ0n) is 9.72. The minimum absolute atomic E-state index is 0.462. The predicted molar refractivity (Wildman–Crippen MR) is 63.0 cm³/mol. The van der Waals surface area contributed by atoms with E-state index < -0.39 is 6.10 Å². The van der Waals surface area contributed by atoms with E-state index >= 15 is 0 Å². The van der Waals surface area contributed by atoms with Crippen molar-refractivity contribution in [2.24, 2.45) is 0 Å². The van der Waals surface area contributed by atoms with Crippen molar-refractivity contribution >= 4 is 5.82 Å². The second-order valence-corrected chi connectivity index (χ2v) is 3.58. The molecule has 1 aromatic rings. The van der Waals surface area contributed by atoms with Gasteiger partial charge < -0.3 is 10.0 Å². The molecule has 1 atom stereocenters. The lowest BCUT2D eigenvalue weighted by Gasteiger charge is -2.24. The molecule has 0 bridgehead atoms. The average molecular weight is 219 g/mol. The van der Waals surface area contributed by atoms with Gasteiger partial charge in [0.1, 0.15) is 5.82 Å². The number of nitrogens with zero attached hydrogens (tertiary/aromatic N) is 3. The maximum absolute atomic E-state index is 9.64. The van der Waals surface area contributed by atoms with Crippen LogP contribution in [0.25, 0.3) is 0 Å². The molecule has 1 rings (SSSR count). The van der Waals surface area contributed by atoms with Crippen LogP contribution in [0, 0.1) is 11.3 Å². The third kappa shape index (κ3) is 2.94. The van der Waals surface area contributed by atoms with Crippen molar-refractivity contribution in [3.05, 3.63) is 23.9 Å². The molecule has 0 radical (unpaired) electrons. The van der Waals surface area contributed by atoms with Crippen molar-refractivity contribution in [3.8, 4) is 6.07 Å². The molecule has 0 unspecified atom stereocenters. The number of aliphatic hydroxyl groups is 1. The fraction of sp³-hybridized carbons (Fsp3) is 0.500. The van der Waals surface area contributed by atoms with E-state index in [9.17, 15) is 5.11 Å². The Balaban J connectivity index is 2.95. The summed E-state index contributed by atoms with van der Waals surface area (Å²) in [5.74, 6) is 0.773. The third-order valence-electron chi connectivity index (χ3n) is 2.44. The molecule has 0 aromatic carbocycles. The molecule has 0 spiro atoms. The van der Waals surface area contributed by atoms with Crippen LogP contribution in [-0.2, 0) is 0 Å². The minimum atomic E-state index is -0.542. The number of hydrogen-bond acceptors (Lipinski definition) is 4. The molecule has 0 saturated heterocycles. The standard InChI is InChI=1S/C12H17N3O/c1-3-15(9-5-7-13)12-11(10(2)16)6-4-8-14-12/h4,6,8,10,16H,3,5,9H2,1-2H3/t10-/m1/s1. The van der Waals surface area contributed by atoms with Crippen molar-refractivity contribution in [1.29, 1.82) is 5.26 Å². The van der Waals surface area contributed by atoms with Crippen LogP contribution in [0.5, 0.6) is 0 Å². The Hall–Kier alpha value is -1.60. The first-order valence-electron chi connectivity index (χ1n) is 5.45. The molecule has 16 heavy (non-hydrogen) atoms. The van der Waals surface area contributed by atoms with Gasteiger partial charge in [0, 0.05) is 24.8 Å². The monoisotopic (exact) mass is 219 g/mol. The van der Waals surface area contributed by atoms with Gasteiger partial charge in [-0.2, -0.15) is 5.26 Å². The summed E-state index contributed by atoms with van der Waals surface area (Å²) < 4.78 is 0. The van der Waals surface area contributed by atoms with E-state index in [1.165, 1.54) is 0 Å². The van der Waals surface area contributed by atoms with Crippen LogP contribution in [0.15, 0.2) is 18.3 Å². The van der Waals surface area contributed by atoms with Crippen molar-refractivity contribution in [2.75, 3.05) is 18.0 Å². The summed E-state index contributed by atoms with van der Waals surface area (Å²) in [6.45, 7) is 5.15. The quantitative estimate of drug-likeness (QED) is 0.821. The highest BCUT2D eigenvalue weighted by molar-refractivity contribution is 5.47. The van der Waals surface area contributed by atoms with Crippen LogP contribution in [-0.4, -0.2) is 23.2 Å². The molecule has 86 valence electrons. The van der Waals surface area contributed by atoms with Crippen LogP contribution in [0.4, 0.5) is 5.82 Å². The number of aliphatic hydroxyl groups excluding tert-OH is 1. The van der Waals surface area contributed by atoms with Gasteiger partial charge in [0.15, 0.2) is 0 Å². The molecule has 0 aliphatic heterocycles. The van der Waals surface area contributed by atoms with Gasteiger partial charge >= 0.3 is 0 Å². The first-order chi connectivity index (χ1) is 7.70. The van der Waals surface area contributed by atoms with Crippen LogP contribution >= 0.6 is 0 Å². The normalized spacial score (nSPS) is 11.9. The van der Waals surface area contributed by atoms with E-state index in [1.54, 1.807) is 13.1 Å². The lowest BCUT2D eigenvalue weighted by molar-refractivity contribution is 0.199. The number of anilines is 1. The highest BCUT2D eigenvalue weighted by atomic mass is 16.3. The molecule has 1 aromatic heterocycles. The maximum Gasteiger partial charge on any atom is 0.134 e. The highest BCUT2D eigenvalue weighted by Crippen LogP contribution is 2.23. The predicted octanol–water partition coefficient (Wildman–Crippen LogP) is 1.87.